The molecule has 4 rings (SSSR count). The van der Waals surface area contributed by atoms with Crippen LogP contribution in [-0.2, 0) is 6.54 Å². The Labute approximate surface area is 231 Å². The molecule has 1 aliphatic rings. The number of benzene rings is 2. The number of furan rings is 1. The zero-order chi connectivity index (χ0) is 27.9. The van der Waals surface area contributed by atoms with Crippen molar-refractivity contribution in [2.24, 2.45) is 5.92 Å². The van der Waals surface area contributed by atoms with Crippen LogP contribution in [0.4, 0.5) is 11.4 Å². The number of likely N-dealkylation sites (tertiary alicyclic amines) is 1. The highest BCUT2D eigenvalue weighted by molar-refractivity contribution is 6.02. The van der Waals surface area contributed by atoms with Crippen molar-refractivity contribution in [2.45, 2.75) is 39.3 Å². The molecule has 0 radical (unpaired) electrons. The maximum absolute atomic E-state index is 13.7. The van der Waals surface area contributed by atoms with Gasteiger partial charge >= 0.3 is 0 Å². The molecule has 1 saturated heterocycles. The van der Waals surface area contributed by atoms with Crippen LogP contribution >= 0.6 is 0 Å². The molecule has 1 fully saturated rings. The van der Waals surface area contributed by atoms with Gasteiger partial charge in [-0.3, -0.25) is 9.59 Å². The molecule has 0 atom stereocenters. The van der Waals surface area contributed by atoms with Crippen LogP contribution in [0.1, 0.15) is 53.2 Å². The Bertz CT molecular complexity index is 1230. The largest absolute Gasteiger partial charge is 0.497 e. The Balaban J connectivity index is 1.65. The molecular weight excluding hydrogens is 492 g/mol. The second-order valence-corrected chi connectivity index (χ2v) is 10.7. The Morgan fingerprint density at radius 2 is 1.82 bits per heavy atom. The highest BCUT2D eigenvalue weighted by Crippen LogP contribution is 2.30. The van der Waals surface area contributed by atoms with E-state index >= 15 is 0 Å². The summed E-state index contributed by atoms with van der Waals surface area (Å²) in [5, 5.41) is 2.95. The van der Waals surface area contributed by atoms with E-state index in [2.05, 4.69) is 49.1 Å². The number of carbonyl (C=O) groups is 2. The third kappa shape index (κ3) is 7.20. The first kappa shape index (κ1) is 28.2. The summed E-state index contributed by atoms with van der Waals surface area (Å²) in [5.41, 5.74) is 3.32. The van der Waals surface area contributed by atoms with Gasteiger partial charge in [-0.05, 0) is 99.1 Å². The van der Waals surface area contributed by atoms with Gasteiger partial charge in [0.05, 0.1) is 13.4 Å². The van der Waals surface area contributed by atoms with Crippen molar-refractivity contribution in [1.29, 1.82) is 0 Å². The highest BCUT2D eigenvalue weighted by Gasteiger charge is 2.25. The summed E-state index contributed by atoms with van der Waals surface area (Å²) in [5.74, 6) is 0.897. The SMILES string of the molecule is COc1ccc(C(=O)N(Cc2cc(NC(=O)c3ccco3)ccc2N(C)C2CCN(C)CC2)CC(C)C)cc1. The molecule has 2 aromatic carbocycles. The third-order valence-corrected chi connectivity index (χ3v) is 7.27. The van der Waals surface area contributed by atoms with E-state index in [1.807, 2.05) is 29.2 Å². The van der Waals surface area contributed by atoms with Crippen molar-refractivity contribution in [2.75, 3.05) is 51.1 Å². The lowest BCUT2D eigenvalue weighted by Gasteiger charge is -2.38. The monoisotopic (exact) mass is 532 g/mol. The molecule has 0 saturated carbocycles. The summed E-state index contributed by atoms with van der Waals surface area (Å²) in [6.45, 7) is 7.35. The second-order valence-electron chi connectivity index (χ2n) is 10.7. The van der Waals surface area contributed by atoms with Crippen molar-refractivity contribution >= 4 is 23.2 Å². The number of ether oxygens (including phenoxy) is 1. The van der Waals surface area contributed by atoms with Crippen LogP contribution in [0, 0.1) is 5.92 Å². The van der Waals surface area contributed by atoms with Gasteiger partial charge in [0.15, 0.2) is 5.76 Å². The minimum atomic E-state index is -0.310. The van der Waals surface area contributed by atoms with E-state index in [4.69, 9.17) is 9.15 Å². The zero-order valence-electron chi connectivity index (χ0n) is 23.6. The van der Waals surface area contributed by atoms with E-state index in [0.29, 0.717) is 36.1 Å². The summed E-state index contributed by atoms with van der Waals surface area (Å²) < 4.78 is 10.5. The quantitative estimate of drug-likeness (QED) is 0.378. The van der Waals surface area contributed by atoms with E-state index in [1.54, 1.807) is 31.4 Å². The Kier molecular flexibility index (Phi) is 9.30. The fraction of sp³-hybridized carbons (Fsp3) is 0.419. The molecule has 0 bridgehead atoms. The number of rotatable bonds is 10. The normalized spacial score (nSPS) is 14.3. The van der Waals surface area contributed by atoms with Gasteiger partial charge in [-0.25, -0.2) is 0 Å². The lowest BCUT2D eigenvalue weighted by Crippen LogP contribution is -2.42. The lowest BCUT2D eigenvalue weighted by molar-refractivity contribution is 0.0722. The lowest BCUT2D eigenvalue weighted by atomic mass is 10.0. The highest BCUT2D eigenvalue weighted by atomic mass is 16.5. The van der Waals surface area contributed by atoms with Crippen molar-refractivity contribution in [3.63, 3.8) is 0 Å². The smallest absolute Gasteiger partial charge is 0.291 e. The molecule has 0 spiro atoms. The fourth-order valence-electron chi connectivity index (χ4n) is 5.10. The summed E-state index contributed by atoms with van der Waals surface area (Å²) in [7, 11) is 5.91. The predicted molar refractivity (Wildman–Crippen MR) is 155 cm³/mol. The predicted octanol–water partition coefficient (Wildman–Crippen LogP) is 5.37. The van der Waals surface area contributed by atoms with E-state index in [1.165, 1.54) is 6.26 Å². The number of hydrogen-bond donors (Lipinski definition) is 1. The Morgan fingerprint density at radius 3 is 2.44 bits per heavy atom. The molecule has 0 unspecified atom stereocenters. The maximum atomic E-state index is 13.7. The van der Waals surface area contributed by atoms with Crippen LogP contribution in [0.15, 0.2) is 65.3 Å². The topological polar surface area (TPSA) is 78.3 Å². The summed E-state index contributed by atoms with van der Waals surface area (Å²) >= 11 is 0. The fourth-order valence-corrected chi connectivity index (χ4v) is 5.10. The van der Waals surface area contributed by atoms with Crippen LogP contribution in [0.25, 0.3) is 0 Å². The molecule has 3 aromatic rings. The van der Waals surface area contributed by atoms with Crippen LogP contribution in [-0.4, -0.2) is 68.5 Å². The van der Waals surface area contributed by atoms with Crippen LogP contribution in [0.2, 0.25) is 0 Å². The average Bonchev–Trinajstić information content (AvgIpc) is 3.48. The van der Waals surface area contributed by atoms with Gasteiger partial charge in [-0.15, -0.1) is 0 Å². The second kappa shape index (κ2) is 12.8. The van der Waals surface area contributed by atoms with Crippen LogP contribution < -0.4 is 15.0 Å². The van der Waals surface area contributed by atoms with Gasteiger partial charge in [0.1, 0.15) is 5.75 Å². The number of hydrogen-bond acceptors (Lipinski definition) is 6. The molecule has 39 heavy (non-hydrogen) atoms. The molecule has 1 aliphatic heterocycles. The van der Waals surface area contributed by atoms with E-state index in [9.17, 15) is 9.59 Å². The van der Waals surface area contributed by atoms with E-state index < -0.39 is 0 Å². The molecule has 1 aromatic heterocycles. The average molecular weight is 533 g/mol. The number of amides is 2. The standard InChI is InChI=1S/C31H40N4O4/c1-22(2)20-35(31(37)23-8-11-27(38-5)12-9-23)21-24-19-25(32-30(36)29-7-6-18-39-29)10-13-28(24)34(4)26-14-16-33(3)17-15-26/h6-13,18-19,22,26H,14-17,20-21H2,1-5H3,(H,32,36). The summed E-state index contributed by atoms with van der Waals surface area (Å²) in [6.07, 6.45) is 3.63. The first-order valence-electron chi connectivity index (χ1n) is 13.6. The van der Waals surface area contributed by atoms with Gasteiger partial charge in [0, 0.05) is 43.1 Å². The first-order valence-corrected chi connectivity index (χ1v) is 13.6. The number of methoxy groups -OCH3 is 1. The van der Waals surface area contributed by atoms with E-state index in [-0.39, 0.29) is 23.5 Å². The van der Waals surface area contributed by atoms with Crippen molar-refractivity contribution in [1.82, 2.24) is 9.80 Å². The molecular formula is C31H40N4O4. The molecule has 8 nitrogen and oxygen atoms in total. The van der Waals surface area contributed by atoms with E-state index in [0.717, 1.165) is 37.2 Å². The molecule has 2 heterocycles. The van der Waals surface area contributed by atoms with Crippen molar-refractivity contribution in [3.8, 4) is 5.75 Å². The van der Waals surface area contributed by atoms with Crippen molar-refractivity contribution in [3.05, 3.63) is 77.7 Å². The Morgan fingerprint density at radius 1 is 1.10 bits per heavy atom. The number of carbonyl (C=O) groups excluding carboxylic acids is 2. The van der Waals surface area contributed by atoms with Gasteiger partial charge < -0.3 is 29.2 Å². The van der Waals surface area contributed by atoms with Crippen LogP contribution in [0.3, 0.4) is 0 Å². The summed E-state index contributed by atoms with van der Waals surface area (Å²) in [4.78, 5) is 33.0. The van der Waals surface area contributed by atoms with Gasteiger partial charge in [0.25, 0.3) is 11.8 Å². The number of nitrogens with zero attached hydrogens (tertiary/aromatic N) is 3. The minimum absolute atomic E-state index is 0.0377. The van der Waals surface area contributed by atoms with Gasteiger partial charge in [-0.1, -0.05) is 13.8 Å². The summed E-state index contributed by atoms with van der Waals surface area (Å²) in [6, 6.07) is 16.9. The Hall–Kier alpha value is -3.78. The minimum Gasteiger partial charge on any atom is -0.497 e. The molecule has 2 amide bonds. The third-order valence-electron chi connectivity index (χ3n) is 7.27. The molecule has 0 aliphatic carbocycles. The van der Waals surface area contributed by atoms with Gasteiger partial charge in [0.2, 0.25) is 0 Å². The number of nitrogens with one attached hydrogen (secondary N) is 1. The maximum Gasteiger partial charge on any atom is 0.291 e. The first-order chi connectivity index (χ1) is 18.7. The molecule has 1 N–H and O–H groups in total. The van der Waals surface area contributed by atoms with Gasteiger partial charge in [-0.2, -0.15) is 0 Å². The van der Waals surface area contributed by atoms with Crippen molar-refractivity contribution < 1.29 is 18.7 Å². The number of piperidine rings is 1. The number of anilines is 2. The molecule has 8 heteroatoms. The zero-order valence-corrected chi connectivity index (χ0v) is 23.6. The molecule has 208 valence electrons. The van der Waals surface area contributed by atoms with Crippen LogP contribution in [0.5, 0.6) is 5.75 Å².